The van der Waals surface area contributed by atoms with Crippen LogP contribution in [0.1, 0.15) is 49.7 Å². The molecule has 184 valence electrons. The van der Waals surface area contributed by atoms with Gasteiger partial charge in [-0.15, -0.1) is 0 Å². The van der Waals surface area contributed by atoms with Crippen LogP contribution >= 0.6 is 0 Å². The molecule has 35 heavy (non-hydrogen) atoms. The number of urea groups is 1. The van der Waals surface area contributed by atoms with Gasteiger partial charge >= 0.3 is 6.03 Å². The fraction of sp³-hybridized carbons (Fsp3) is 0.448. The van der Waals surface area contributed by atoms with E-state index in [2.05, 4.69) is 53.3 Å². The third-order valence-electron chi connectivity index (χ3n) is 7.94. The molecule has 1 atom stereocenters. The van der Waals surface area contributed by atoms with Gasteiger partial charge in [0.2, 0.25) is 0 Å². The third-order valence-corrected chi connectivity index (χ3v) is 7.94. The Kier molecular flexibility index (Phi) is 6.89. The number of fused-ring (bicyclic) bond motifs is 1. The molecular formula is C29H35FN4O. The van der Waals surface area contributed by atoms with Gasteiger partial charge in [0, 0.05) is 49.5 Å². The van der Waals surface area contributed by atoms with E-state index in [-0.39, 0.29) is 17.9 Å². The van der Waals surface area contributed by atoms with Gasteiger partial charge in [0.15, 0.2) is 0 Å². The number of carbonyl (C=O) groups excluding carboxylic acids is 1. The van der Waals surface area contributed by atoms with Gasteiger partial charge in [-0.3, -0.25) is 4.98 Å². The molecule has 1 saturated carbocycles. The zero-order valence-corrected chi connectivity index (χ0v) is 20.7. The summed E-state index contributed by atoms with van der Waals surface area (Å²) in [4.78, 5) is 21.7. The smallest absolute Gasteiger partial charge is 0.317 e. The summed E-state index contributed by atoms with van der Waals surface area (Å²) in [6.45, 7) is 7.45. The van der Waals surface area contributed by atoms with Crippen molar-refractivity contribution in [2.75, 3.05) is 31.1 Å². The molecule has 0 spiro atoms. The standard InChI is InChI=1S/C29H35FN4O/c1-20-4-3-5-25(18-20)33-14-16-34(17-15-33)29(35)32-21(2)22-6-8-23(9-7-22)26-12-13-31-28-11-10-24(30)19-27(26)28/h3-5,10-13,18-19,21-23H,6-9,14-17H2,1-2H3,(H,32,35)/t21-,22?,23?/m1/s1. The fourth-order valence-corrected chi connectivity index (χ4v) is 5.82. The Bertz CT molecular complexity index is 1180. The van der Waals surface area contributed by atoms with Gasteiger partial charge in [-0.25, -0.2) is 9.18 Å². The summed E-state index contributed by atoms with van der Waals surface area (Å²) in [6, 6.07) is 15.7. The van der Waals surface area contributed by atoms with Crippen molar-refractivity contribution in [1.29, 1.82) is 0 Å². The molecule has 2 amide bonds. The van der Waals surface area contributed by atoms with Gasteiger partial charge in [-0.05, 0) is 98.9 Å². The van der Waals surface area contributed by atoms with Crippen LogP contribution in [-0.4, -0.2) is 48.1 Å². The molecule has 2 aliphatic rings. The summed E-state index contributed by atoms with van der Waals surface area (Å²) < 4.78 is 13.9. The molecule has 3 aromatic rings. The topological polar surface area (TPSA) is 48.5 Å². The number of piperazine rings is 1. The van der Waals surface area contributed by atoms with E-state index < -0.39 is 0 Å². The second-order valence-electron chi connectivity index (χ2n) is 10.2. The Hall–Kier alpha value is -3.15. The van der Waals surface area contributed by atoms with E-state index in [4.69, 9.17) is 0 Å². The largest absolute Gasteiger partial charge is 0.368 e. The Balaban J connectivity index is 1.13. The average Bonchev–Trinajstić information content (AvgIpc) is 2.88. The van der Waals surface area contributed by atoms with Crippen LogP contribution in [0, 0.1) is 18.7 Å². The maximum Gasteiger partial charge on any atom is 0.317 e. The Morgan fingerprint density at radius 3 is 2.54 bits per heavy atom. The monoisotopic (exact) mass is 474 g/mol. The van der Waals surface area contributed by atoms with Crippen LogP contribution in [0.5, 0.6) is 0 Å². The summed E-state index contributed by atoms with van der Waals surface area (Å²) >= 11 is 0. The number of rotatable bonds is 4. The van der Waals surface area contributed by atoms with Crippen molar-refractivity contribution in [2.24, 2.45) is 5.92 Å². The van der Waals surface area contributed by atoms with E-state index in [0.717, 1.165) is 62.8 Å². The molecular weight excluding hydrogens is 439 g/mol. The van der Waals surface area contributed by atoms with Gasteiger partial charge < -0.3 is 15.1 Å². The van der Waals surface area contributed by atoms with Crippen LogP contribution < -0.4 is 10.2 Å². The van der Waals surface area contributed by atoms with E-state index in [0.29, 0.717) is 11.8 Å². The first-order valence-corrected chi connectivity index (χ1v) is 12.9. The normalized spacial score (nSPS) is 21.7. The predicted octanol–water partition coefficient (Wildman–Crippen LogP) is 5.88. The number of hydrogen-bond donors (Lipinski definition) is 1. The minimum absolute atomic E-state index is 0.0547. The first-order valence-electron chi connectivity index (χ1n) is 12.9. The van der Waals surface area contributed by atoms with Crippen molar-refractivity contribution in [2.45, 2.75) is 51.5 Å². The van der Waals surface area contributed by atoms with Gasteiger partial charge in [-0.1, -0.05) is 12.1 Å². The number of anilines is 1. The number of benzene rings is 2. The maximum atomic E-state index is 13.9. The number of nitrogens with one attached hydrogen (secondary N) is 1. The molecule has 1 aliphatic heterocycles. The quantitative estimate of drug-likeness (QED) is 0.514. The molecule has 2 fully saturated rings. The highest BCUT2D eigenvalue weighted by Crippen LogP contribution is 2.39. The molecule has 0 radical (unpaired) electrons. The lowest BCUT2D eigenvalue weighted by atomic mass is 9.75. The van der Waals surface area contributed by atoms with Crippen molar-refractivity contribution in [1.82, 2.24) is 15.2 Å². The first-order chi connectivity index (χ1) is 17.0. The third kappa shape index (κ3) is 5.26. The summed E-state index contributed by atoms with van der Waals surface area (Å²) in [5, 5.41) is 4.22. The van der Waals surface area contributed by atoms with E-state index in [1.165, 1.54) is 22.9 Å². The van der Waals surface area contributed by atoms with E-state index in [1.807, 2.05) is 17.2 Å². The molecule has 5 nitrogen and oxygen atoms in total. The molecule has 1 aromatic heterocycles. The molecule has 2 aromatic carbocycles. The second-order valence-corrected chi connectivity index (χ2v) is 10.2. The second kappa shape index (κ2) is 10.2. The lowest BCUT2D eigenvalue weighted by molar-refractivity contribution is 0.181. The van der Waals surface area contributed by atoms with Crippen LogP contribution in [0.4, 0.5) is 14.9 Å². The van der Waals surface area contributed by atoms with Gasteiger partial charge in [0.1, 0.15) is 5.82 Å². The van der Waals surface area contributed by atoms with Crippen LogP contribution in [0.25, 0.3) is 10.9 Å². The molecule has 0 bridgehead atoms. The lowest BCUT2D eigenvalue weighted by Gasteiger charge is -2.38. The van der Waals surface area contributed by atoms with E-state index >= 15 is 0 Å². The molecule has 1 N–H and O–H groups in total. The lowest BCUT2D eigenvalue weighted by Crippen LogP contribution is -2.54. The number of nitrogens with zero attached hydrogens (tertiary/aromatic N) is 3. The van der Waals surface area contributed by atoms with Gasteiger partial charge in [-0.2, -0.15) is 0 Å². The van der Waals surface area contributed by atoms with Crippen LogP contribution in [-0.2, 0) is 0 Å². The summed E-state index contributed by atoms with van der Waals surface area (Å²) in [6.07, 6.45) is 6.06. The number of carbonyl (C=O) groups is 1. The fourth-order valence-electron chi connectivity index (χ4n) is 5.82. The molecule has 5 rings (SSSR count). The van der Waals surface area contributed by atoms with Crippen molar-refractivity contribution >= 4 is 22.6 Å². The highest BCUT2D eigenvalue weighted by Gasteiger charge is 2.29. The Morgan fingerprint density at radius 1 is 1.03 bits per heavy atom. The highest BCUT2D eigenvalue weighted by atomic mass is 19.1. The molecule has 1 aliphatic carbocycles. The maximum absolute atomic E-state index is 13.9. The Labute approximate surface area is 207 Å². The van der Waals surface area contributed by atoms with E-state index in [1.54, 1.807) is 12.1 Å². The zero-order chi connectivity index (χ0) is 24.4. The molecule has 1 saturated heterocycles. The minimum atomic E-state index is -0.212. The summed E-state index contributed by atoms with van der Waals surface area (Å²) in [5.74, 6) is 0.668. The number of pyridine rings is 1. The van der Waals surface area contributed by atoms with Crippen LogP contribution in [0.15, 0.2) is 54.7 Å². The highest BCUT2D eigenvalue weighted by molar-refractivity contribution is 5.82. The van der Waals surface area contributed by atoms with Gasteiger partial charge in [0.05, 0.1) is 5.52 Å². The Morgan fingerprint density at radius 2 is 1.80 bits per heavy atom. The SMILES string of the molecule is Cc1cccc(N2CCN(C(=O)N[C@H](C)C3CCC(c4ccnc5ccc(F)cc45)CC3)CC2)c1. The molecule has 0 unspecified atom stereocenters. The number of aromatic nitrogens is 1. The predicted molar refractivity (Wildman–Crippen MR) is 139 cm³/mol. The summed E-state index contributed by atoms with van der Waals surface area (Å²) in [7, 11) is 0. The number of aryl methyl sites for hydroxylation is 1. The van der Waals surface area contributed by atoms with Gasteiger partial charge in [0.25, 0.3) is 0 Å². The van der Waals surface area contributed by atoms with Crippen molar-refractivity contribution < 1.29 is 9.18 Å². The van der Waals surface area contributed by atoms with Crippen LogP contribution in [0.3, 0.4) is 0 Å². The van der Waals surface area contributed by atoms with Crippen molar-refractivity contribution in [3.05, 3.63) is 71.7 Å². The first kappa shape index (κ1) is 23.6. The number of halogens is 1. The zero-order valence-electron chi connectivity index (χ0n) is 20.7. The van der Waals surface area contributed by atoms with Crippen molar-refractivity contribution in [3.63, 3.8) is 0 Å². The molecule has 6 heteroatoms. The molecule has 2 heterocycles. The van der Waals surface area contributed by atoms with Crippen molar-refractivity contribution in [3.8, 4) is 0 Å². The summed E-state index contributed by atoms with van der Waals surface area (Å²) in [5.41, 5.74) is 4.56. The van der Waals surface area contributed by atoms with E-state index in [9.17, 15) is 9.18 Å². The number of hydrogen-bond acceptors (Lipinski definition) is 3. The number of amides is 2. The minimum Gasteiger partial charge on any atom is -0.368 e. The average molecular weight is 475 g/mol. The van der Waals surface area contributed by atoms with Crippen LogP contribution in [0.2, 0.25) is 0 Å².